The summed E-state index contributed by atoms with van der Waals surface area (Å²) in [7, 11) is 0. The molecule has 1 aromatic carbocycles. The van der Waals surface area contributed by atoms with E-state index in [0.717, 1.165) is 36.4 Å². The maximum Gasteiger partial charge on any atom is 0.272 e. The van der Waals surface area contributed by atoms with Gasteiger partial charge in [-0.25, -0.2) is 0 Å². The Bertz CT molecular complexity index is 664. The molecule has 1 aromatic heterocycles. The Labute approximate surface area is 135 Å². The zero-order chi connectivity index (χ0) is 16.1. The molecule has 122 valence electrons. The minimum absolute atomic E-state index is 0.124. The van der Waals surface area contributed by atoms with Crippen molar-refractivity contribution in [3.63, 3.8) is 0 Å². The molecule has 6 heteroatoms. The van der Waals surface area contributed by atoms with Crippen LogP contribution in [0.5, 0.6) is 5.75 Å². The lowest BCUT2D eigenvalue weighted by molar-refractivity contribution is 0.0945. The summed E-state index contributed by atoms with van der Waals surface area (Å²) in [5.74, 6) is 0.732. The van der Waals surface area contributed by atoms with Crippen molar-refractivity contribution in [1.82, 2.24) is 20.8 Å². The molecule has 23 heavy (non-hydrogen) atoms. The molecule has 0 fully saturated rings. The predicted molar refractivity (Wildman–Crippen MR) is 87.6 cm³/mol. The average molecular weight is 314 g/mol. The normalized spacial score (nSPS) is 13.4. The predicted octanol–water partition coefficient (Wildman–Crippen LogP) is 1.56. The number of rotatable bonds is 6. The number of hydrogen-bond acceptors (Lipinski definition) is 4. The first-order valence-electron chi connectivity index (χ1n) is 7.98. The number of H-pyrrole nitrogens is 1. The minimum atomic E-state index is -0.124. The van der Waals surface area contributed by atoms with Crippen molar-refractivity contribution in [1.29, 1.82) is 0 Å². The van der Waals surface area contributed by atoms with Gasteiger partial charge in [-0.3, -0.25) is 9.89 Å². The smallest absolute Gasteiger partial charge is 0.272 e. The van der Waals surface area contributed by atoms with E-state index in [1.54, 1.807) is 0 Å². The fourth-order valence-electron chi connectivity index (χ4n) is 2.60. The van der Waals surface area contributed by atoms with Crippen LogP contribution in [0.4, 0.5) is 0 Å². The summed E-state index contributed by atoms with van der Waals surface area (Å²) in [4.78, 5) is 12.2. The van der Waals surface area contributed by atoms with E-state index in [2.05, 4.69) is 20.8 Å². The highest BCUT2D eigenvalue weighted by Gasteiger charge is 2.20. The van der Waals surface area contributed by atoms with Crippen LogP contribution in [0, 0.1) is 6.92 Å². The molecule has 1 aliphatic rings. The second-order valence-electron chi connectivity index (χ2n) is 5.73. The molecule has 6 nitrogen and oxygen atoms in total. The van der Waals surface area contributed by atoms with E-state index in [1.807, 2.05) is 31.2 Å². The Morgan fingerprint density at radius 1 is 1.35 bits per heavy atom. The summed E-state index contributed by atoms with van der Waals surface area (Å²) in [5.41, 5.74) is 3.77. The molecule has 0 spiro atoms. The van der Waals surface area contributed by atoms with E-state index < -0.39 is 0 Å². The number of hydrogen-bond donors (Lipinski definition) is 3. The van der Waals surface area contributed by atoms with Gasteiger partial charge in [-0.2, -0.15) is 5.10 Å². The van der Waals surface area contributed by atoms with E-state index in [-0.39, 0.29) is 5.91 Å². The fraction of sp³-hybridized carbons (Fsp3) is 0.412. The van der Waals surface area contributed by atoms with E-state index in [9.17, 15) is 4.79 Å². The van der Waals surface area contributed by atoms with Crippen molar-refractivity contribution >= 4 is 5.91 Å². The van der Waals surface area contributed by atoms with Gasteiger partial charge in [0.2, 0.25) is 0 Å². The SMILES string of the molecule is Cc1ccc(OCCCNC(=O)c2n[nH]c3c2CNCC3)cc1. The van der Waals surface area contributed by atoms with Gasteiger partial charge in [0.25, 0.3) is 5.91 Å². The highest BCUT2D eigenvalue weighted by molar-refractivity contribution is 5.94. The van der Waals surface area contributed by atoms with Crippen LogP contribution in [-0.4, -0.2) is 35.8 Å². The number of fused-ring (bicyclic) bond motifs is 1. The Kier molecular flexibility index (Phi) is 4.92. The molecule has 0 unspecified atom stereocenters. The minimum Gasteiger partial charge on any atom is -0.494 e. The second kappa shape index (κ2) is 7.28. The summed E-state index contributed by atoms with van der Waals surface area (Å²) >= 11 is 0. The van der Waals surface area contributed by atoms with Crippen LogP contribution in [0.1, 0.15) is 33.7 Å². The van der Waals surface area contributed by atoms with Crippen molar-refractivity contribution in [3.8, 4) is 5.75 Å². The summed E-state index contributed by atoms with van der Waals surface area (Å²) in [5, 5.41) is 13.3. The Morgan fingerprint density at radius 3 is 3.00 bits per heavy atom. The van der Waals surface area contributed by atoms with Crippen molar-refractivity contribution in [3.05, 3.63) is 46.8 Å². The van der Waals surface area contributed by atoms with Gasteiger partial charge < -0.3 is 15.4 Å². The Morgan fingerprint density at radius 2 is 2.17 bits per heavy atom. The van der Waals surface area contributed by atoms with Crippen molar-refractivity contribution < 1.29 is 9.53 Å². The lowest BCUT2D eigenvalue weighted by atomic mass is 10.1. The molecule has 0 saturated heterocycles. The largest absolute Gasteiger partial charge is 0.494 e. The van der Waals surface area contributed by atoms with Crippen molar-refractivity contribution in [2.75, 3.05) is 19.7 Å². The second-order valence-corrected chi connectivity index (χ2v) is 5.73. The quantitative estimate of drug-likeness (QED) is 0.707. The molecule has 3 N–H and O–H groups in total. The van der Waals surface area contributed by atoms with Crippen LogP contribution in [0.15, 0.2) is 24.3 Å². The van der Waals surface area contributed by atoms with E-state index in [1.165, 1.54) is 5.56 Å². The molecule has 1 aliphatic heterocycles. The third-order valence-corrected chi connectivity index (χ3v) is 3.92. The van der Waals surface area contributed by atoms with Crippen LogP contribution in [0.25, 0.3) is 0 Å². The monoisotopic (exact) mass is 314 g/mol. The standard InChI is InChI=1S/C17H22N4O2/c1-12-3-5-13(6-4-12)23-10-2-8-19-17(22)16-14-11-18-9-7-15(14)20-21-16/h3-6,18H,2,7-11H2,1H3,(H,19,22)(H,20,21). The summed E-state index contributed by atoms with van der Waals surface area (Å²) in [6.45, 7) is 4.81. The molecular formula is C17H22N4O2. The maximum absolute atomic E-state index is 12.2. The number of amides is 1. The first-order valence-corrected chi connectivity index (χ1v) is 7.98. The van der Waals surface area contributed by atoms with Crippen LogP contribution in [0.3, 0.4) is 0 Å². The van der Waals surface area contributed by atoms with Crippen molar-refractivity contribution in [2.24, 2.45) is 0 Å². The first-order chi connectivity index (χ1) is 11.2. The van der Waals surface area contributed by atoms with Gasteiger partial charge in [0.1, 0.15) is 5.75 Å². The molecule has 0 bridgehead atoms. The van der Waals surface area contributed by atoms with Gasteiger partial charge in [0, 0.05) is 37.3 Å². The van der Waals surface area contributed by atoms with E-state index >= 15 is 0 Å². The van der Waals surface area contributed by atoms with Crippen LogP contribution in [0.2, 0.25) is 0 Å². The number of aromatic nitrogens is 2. The Hall–Kier alpha value is -2.34. The van der Waals surface area contributed by atoms with Gasteiger partial charge in [-0.1, -0.05) is 17.7 Å². The van der Waals surface area contributed by atoms with E-state index in [0.29, 0.717) is 25.4 Å². The summed E-state index contributed by atoms with van der Waals surface area (Å²) in [6, 6.07) is 7.95. The van der Waals surface area contributed by atoms with Gasteiger partial charge in [-0.15, -0.1) is 0 Å². The number of nitrogens with zero attached hydrogens (tertiary/aromatic N) is 1. The zero-order valence-electron chi connectivity index (χ0n) is 13.3. The van der Waals surface area contributed by atoms with Crippen molar-refractivity contribution in [2.45, 2.75) is 26.3 Å². The molecule has 0 aliphatic carbocycles. The molecule has 0 saturated carbocycles. The fourth-order valence-corrected chi connectivity index (χ4v) is 2.60. The highest BCUT2D eigenvalue weighted by atomic mass is 16.5. The van der Waals surface area contributed by atoms with Gasteiger partial charge in [-0.05, 0) is 25.5 Å². The van der Waals surface area contributed by atoms with Gasteiger partial charge in [0.15, 0.2) is 5.69 Å². The third-order valence-electron chi connectivity index (χ3n) is 3.92. The molecule has 0 radical (unpaired) electrons. The molecule has 1 amide bonds. The topological polar surface area (TPSA) is 79.0 Å². The number of ether oxygens (including phenoxy) is 1. The number of aryl methyl sites for hydroxylation is 1. The molecule has 2 heterocycles. The molecule has 2 aromatic rings. The number of carbonyl (C=O) groups is 1. The molecule has 0 atom stereocenters. The van der Waals surface area contributed by atoms with E-state index in [4.69, 9.17) is 4.74 Å². The number of carbonyl (C=O) groups excluding carboxylic acids is 1. The van der Waals surface area contributed by atoms with Crippen LogP contribution < -0.4 is 15.4 Å². The van der Waals surface area contributed by atoms with Crippen LogP contribution >= 0.6 is 0 Å². The summed E-state index contributed by atoms with van der Waals surface area (Å²) < 4.78 is 5.64. The molecule has 3 rings (SSSR count). The first kappa shape index (κ1) is 15.6. The number of benzene rings is 1. The molecular weight excluding hydrogens is 292 g/mol. The summed E-state index contributed by atoms with van der Waals surface area (Å²) in [6.07, 6.45) is 1.64. The lowest BCUT2D eigenvalue weighted by Gasteiger charge is -2.13. The lowest BCUT2D eigenvalue weighted by Crippen LogP contribution is -2.29. The average Bonchev–Trinajstić information content (AvgIpc) is 3.00. The number of aromatic amines is 1. The van der Waals surface area contributed by atoms with Gasteiger partial charge >= 0.3 is 0 Å². The number of nitrogens with one attached hydrogen (secondary N) is 3. The highest BCUT2D eigenvalue weighted by Crippen LogP contribution is 2.15. The zero-order valence-corrected chi connectivity index (χ0v) is 13.3. The maximum atomic E-state index is 12.2. The Balaban J connectivity index is 1.41. The van der Waals surface area contributed by atoms with Gasteiger partial charge in [0.05, 0.1) is 6.61 Å². The third kappa shape index (κ3) is 3.90. The van der Waals surface area contributed by atoms with Crippen LogP contribution in [-0.2, 0) is 13.0 Å².